The first-order valence-electron chi connectivity index (χ1n) is 7.32. The summed E-state index contributed by atoms with van der Waals surface area (Å²) >= 11 is 5.70. The second-order valence-electron chi connectivity index (χ2n) is 5.51. The summed E-state index contributed by atoms with van der Waals surface area (Å²) in [4.78, 5) is 3.62. The smallest absolute Gasteiger partial charge is 0.290 e. The highest BCUT2D eigenvalue weighted by molar-refractivity contribution is 7.89. The second kappa shape index (κ2) is 6.57. The van der Waals surface area contributed by atoms with Crippen molar-refractivity contribution in [3.63, 3.8) is 0 Å². The van der Waals surface area contributed by atoms with Gasteiger partial charge in [-0.1, -0.05) is 23.7 Å². The number of nitrogens with zero attached hydrogens (tertiary/aromatic N) is 3. The summed E-state index contributed by atoms with van der Waals surface area (Å²) in [6, 6.07) is 7.06. The van der Waals surface area contributed by atoms with Crippen molar-refractivity contribution in [1.29, 1.82) is 0 Å². The Balaban J connectivity index is 2.10. The Bertz CT molecular complexity index is 1040. The molecule has 0 radical (unpaired) electrons. The lowest BCUT2D eigenvalue weighted by atomic mass is 10.1. The molecule has 3 rings (SSSR count). The highest BCUT2D eigenvalue weighted by Gasteiger charge is 2.51. The van der Waals surface area contributed by atoms with Gasteiger partial charge in [0.1, 0.15) is 5.65 Å². The van der Waals surface area contributed by atoms with Gasteiger partial charge in [0, 0.05) is 36.2 Å². The molecule has 2 heterocycles. The van der Waals surface area contributed by atoms with Crippen molar-refractivity contribution in [3.05, 3.63) is 65.6 Å². The molecule has 0 aliphatic carbocycles. The summed E-state index contributed by atoms with van der Waals surface area (Å²) in [7, 11) is -3.80. The van der Waals surface area contributed by atoms with Crippen LogP contribution >= 0.6 is 11.6 Å². The van der Waals surface area contributed by atoms with Crippen LogP contribution in [-0.2, 0) is 15.8 Å². The van der Waals surface area contributed by atoms with Gasteiger partial charge in [0.15, 0.2) is 0 Å². The van der Waals surface area contributed by atoms with Crippen LogP contribution in [0.1, 0.15) is 5.56 Å². The minimum atomic E-state index is -4.57. The van der Waals surface area contributed by atoms with Crippen molar-refractivity contribution >= 4 is 27.3 Å². The van der Waals surface area contributed by atoms with E-state index in [2.05, 4.69) is 4.98 Å². The van der Waals surface area contributed by atoms with Gasteiger partial charge < -0.3 is 4.40 Å². The number of pyridine rings is 1. The predicted molar refractivity (Wildman–Crippen MR) is 90.4 cm³/mol. The number of imidazole rings is 1. The lowest BCUT2D eigenvalue weighted by molar-refractivity contribution is -0.104. The van der Waals surface area contributed by atoms with Crippen LogP contribution in [0.4, 0.5) is 13.2 Å². The number of alkyl halides is 3. The van der Waals surface area contributed by atoms with Crippen LogP contribution in [-0.4, -0.2) is 35.6 Å². The zero-order valence-electron chi connectivity index (χ0n) is 13.4. The molecule has 1 aromatic carbocycles. The van der Waals surface area contributed by atoms with Crippen LogP contribution in [0.2, 0.25) is 5.02 Å². The topological polar surface area (TPSA) is 54.7 Å². The van der Waals surface area contributed by atoms with Gasteiger partial charge in [-0.05, 0) is 24.3 Å². The van der Waals surface area contributed by atoms with Crippen LogP contribution < -0.4 is 0 Å². The maximum absolute atomic E-state index is 15.3. The van der Waals surface area contributed by atoms with Crippen molar-refractivity contribution in [2.75, 3.05) is 7.05 Å². The lowest BCUT2D eigenvalue weighted by Crippen LogP contribution is -2.48. The molecule has 0 saturated carbocycles. The van der Waals surface area contributed by atoms with Crippen molar-refractivity contribution in [2.24, 2.45) is 0 Å². The Morgan fingerprint density at radius 3 is 2.46 bits per heavy atom. The average molecular weight is 404 g/mol. The van der Waals surface area contributed by atoms with Crippen LogP contribution in [0, 0.1) is 0 Å². The molecule has 0 amide bonds. The van der Waals surface area contributed by atoms with E-state index in [0.717, 1.165) is 19.2 Å². The first kappa shape index (κ1) is 18.7. The molecule has 0 N–H and O–H groups in total. The maximum Gasteiger partial charge on any atom is 0.290 e. The predicted octanol–water partition coefficient (Wildman–Crippen LogP) is 3.70. The van der Waals surface area contributed by atoms with E-state index in [9.17, 15) is 17.2 Å². The molecule has 1 atom stereocenters. The van der Waals surface area contributed by atoms with Gasteiger partial charge in [0.25, 0.3) is 12.2 Å². The van der Waals surface area contributed by atoms with E-state index >= 15 is 4.39 Å². The first-order chi connectivity index (χ1) is 12.2. The van der Waals surface area contributed by atoms with Crippen LogP contribution in [0.25, 0.3) is 5.65 Å². The summed E-state index contributed by atoms with van der Waals surface area (Å²) in [5.41, 5.74) is -0.0589. The molecule has 10 heteroatoms. The molecular weight excluding hydrogens is 391 g/mol. The van der Waals surface area contributed by atoms with Crippen LogP contribution in [0.5, 0.6) is 0 Å². The third-order valence-corrected chi connectivity index (χ3v) is 6.09. The van der Waals surface area contributed by atoms with Crippen molar-refractivity contribution in [3.8, 4) is 0 Å². The molecule has 26 heavy (non-hydrogen) atoms. The van der Waals surface area contributed by atoms with Crippen LogP contribution in [0.3, 0.4) is 0 Å². The van der Waals surface area contributed by atoms with Gasteiger partial charge in [0.2, 0.25) is 10.0 Å². The summed E-state index contributed by atoms with van der Waals surface area (Å²) in [6.45, 7) is 0. The van der Waals surface area contributed by atoms with E-state index in [4.69, 9.17) is 11.6 Å². The van der Waals surface area contributed by atoms with Gasteiger partial charge in [-0.2, -0.15) is 4.31 Å². The number of benzene rings is 1. The Hall–Kier alpha value is -2.10. The number of halogens is 4. The number of aromatic nitrogens is 2. The summed E-state index contributed by atoms with van der Waals surface area (Å²) in [6.07, 6.45) is 0.493. The molecule has 3 aromatic rings. The Morgan fingerprint density at radius 2 is 1.85 bits per heavy atom. The van der Waals surface area contributed by atoms with E-state index in [-0.39, 0.29) is 14.2 Å². The molecule has 0 saturated heterocycles. The molecule has 0 fully saturated rings. The minimum Gasteiger partial charge on any atom is -0.306 e. The average Bonchev–Trinajstić information content (AvgIpc) is 3.08. The largest absolute Gasteiger partial charge is 0.306 e. The van der Waals surface area contributed by atoms with Gasteiger partial charge >= 0.3 is 0 Å². The fourth-order valence-corrected chi connectivity index (χ4v) is 3.98. The Kier molecular flexibility index (Phi) is 4.72. The number of sulfonamides is 1. The van der Waals surface area contributed by atoms with Gasteiger partial charge in [-0.3, -0.25) is 0 Å². The Morgan fingerprint density at radius 1 is 1.19 bits per heavy atom. The first-order valence-corrected chi connectivity index (χ1v) is 9.14. The molecule has 138 valence electrons. The lowest BCUT2D eigenvalue weighted by Gasteiger charge is -2.33. The standard InChI is InChI=1S/C16H13ClF3N3O2S/c1-22(16(20,15(18)19)11-2-4-12(17)5-3-11)26(24,25)13-6-7-14-21-8-9-23(14)10-13/h2-10,15H,1H3. The quantitative estimate of drug-likeness (QED) is 0.610. The monoisotopic (exact) mass is 403 g/mol. The number of fused-ring (bicyclic) bond motifs is 1. The molecule has 0 aliphatic rings. The third-order valence-electron chi connectivity index (χ3n) is 4.02. The van der Waals surface area contributed by atoms with E-state index in [1.165, 1.54) is 47.3 Å². The summed E-state index contributed by atoms with van der Waals surface area (Å²) in [5.74, 6) is -3.56. The highest BCUT2D eigenvalue weighted by atomic mass is 35.5. The fraction of sp³-hybridized carbons (Fsp3) is 0.188. The normalized spacial score (nSPS) is 14.9. The molecule has 0 aliphatic heterocycles. The zero-order valence-corrected chi connectivity index (χ0v) is 14.9. The third kappa shape index (κ3) is 2.95. The Labute approximate surface area is 152 Å². The van der Waals surface area contributed by atoms with Crippen molar-refractivity contribution in [1.82, 2.24) is 13.7 Å². The van der Waals surface area contributed by atoms with Gasteiger partial charge in [0.05, 0.1) is 4.90 Å². The number of hydrogen-bond acceptors (Lipinski definition) is 3. The van der Waals surface area contributed by atoms with E-state index in [1.54, 1.807) is 0 Å². The van der Waals surface area contributed by atoms with Gasteiger partial charge in [-0.15, -0.1) is 0 Å². The SMILES string of the molecule is CN(C(F)(c1ccc(Cl)cc1)C(F)F)S(=O)(=O)c1ccc2nccn2c1. The maximum atomic E-state index is 15.3. The van der Waals surface area contributed by atoms with Crippen molar-refractivity contribution < 1.29 is 21.6 Å². The molecular formula is C16H13ClF3N3O2S. The highest BCUT2D eigenvalue weighted by Crippen LogP contribution is 2.39. The minimum absolute atomic E-state index is 0.0337. The summed E-state index contributed by atoms with van der Waals surface area (Å²) < 4.78 is 69.6. The zero-order chi connectivity index (χ0) is 19.1. The molecule has 0 bridgehead atoms. The number of hydrogen-bond donors (Lipinski definition) is 0. The molecule has 5 nitrogen and oxygen atoms in total. The molecule has 0 spiro atoms. The van der Waals surface area contributed by atoms with Crippen molar-refractivity contribution in [2.45, 2.75) is 17.1 Å². The van der Waals surface area contributed by atoms with E-state index in [0.29, 0.717) is 5.65 Å². The van der Waals surface area contributed by atoms with Crippen LogP contribution in [0.15, 0.2) is 59.9 Å². The van der Waals surface area contributed by atoms with Gasteiger partial charge in [-0.25, -0.2) is 26.6 Å². The molecule has 1 unspecified atom stereocenters. The van der Waals surface area contributed by atoms with E-state index in [1.807, 2.05) is 0 Å². The summed E-state index contributed by atoms with van der Waals surface area (Å²) in [5, 5.41) is 0.210. The fourth-order valence-electron chi connectivity index (χ4n) is 2.51. The molecule has 2 aromatic heterocycles. The van der Waals surface area contributed by atoms with E-state index < -0.39 is 27.8 Å². The second-order valence-corrected chi connectivity index (χ2v) is 7.92. The number of rotatable bonds is 5.